The number of benzene rings is 1. The molecule has 0 amide bonds. The highest BCUT2D eigenvalue weighted by Crippen LogP contribution is 2.35. The molecule has 0 bridgehead atoms. The Morgan fingerprint density at radius 3 is 2.56 bits per heavy atom. The third-order valence-corrected chi connectivity index (χ3v) is 6.02. The van der Waals surface area contributed by atoms with Crippen LogP contribution >= 0.6 is 23.2 Å². The van der Waals surface area contributed by atoms with Crippen molar-refractivity contribution in [3.05, 3.63) is 69.1 Å². The molecule has 0 unspecified atom stereocenters. The first-order valence-corrected chi connectivity index (χ1v) is 10.9. The van der Waals surface area contributed by atoms with Gasteiger partial charge in [0.1, 0.15) is 18.5 Å². The maximum absolute atomic E-state index is 9.58. The fourth-order valence-corrected chi connectivity index (χ4v) is 3.98. The van der Waals surface area contributed by atoms with Crippen molar-refractivity contribution in [2.75, 3.05) is 30.8 Å². The van der Waals surface area contributed by atoms with Crippen molar-refractivity contribution in [1.82, 2.24) is 9.97 Å². The first kappa shape index (κ1) is 23.6. The lowest BCUT2D eigenvalue weighted by molar-refractivity contribution is 0.141. The number of aliphatic hydroxyl groups excluding tert-OH is 1. The van der Waals surface area contributed by atoms with Crippen LogP contribution in [0.5, 0.6) is 11.5 Å². The number of aromatic nitrogens is 2. The minimum Gasteiger partial charge on any atom is -0.493 e. The minimum absolute atomic E-state index is 0.0454. The van der Waals surface area contributed by atoms with E-state index in [0.29, 0.717) is 68.4 Å². The number of methoxy groups -OCH3 is 1. The van der Waals surface area contributed by atoms with Gasteiger partial charge >= 0.3 is 0 Å². The summed E-state index contributed by atoms with van der Waals surface area (Å²) in [6.45, 7) is 0.871. The van der Waals surface area contributed by atoms with E-state index in [9.17, 15) is 10.4 Å². The molecule has 3 aromatic rings. The molecule has 0 spiro atoms. The Bertz CT molecular complexity index is 1280. The molecule has 1 aliphatic heterocycles. The predicted molar refractivity (Wildman–Crippen MR) is 129 cm³/mol. The van der Waals surface area contributed by atoms with E-state index in [1.807, 2.05) is 0 Å². The molecule has 0 aliphatic carbocycles. The number of nitrogens with two attached hydrogens (primary N) is 1. The quantitative estimate of drug-likeness (QED) is 0.332. The van der Waals surface area contributed by atoms with Crippen LogP contribution in [0.15, 0.2) is 36.8 Å². The number of nitrogens with one attached hydrogen (secondary N) is 1. The normalized spacial score (nSPS) is 13.2. The molecular weight excluding hydrogens is 479 g/mol. The highest BCUT2D eigenvalue weighted by Gasteiger charge is 2.28. The number of aliphatic hydroxyl groups is 1. The van der Waals surface area contributed by atoms with Crippen molar-refractivity contribution in [1.29, 1.82) is 10.7 Å². The first-order valence-electron chi connectivity index (χ1n) is 10.1. The highest BCUT2D eigenvalue weighted by molar-refractivity contribution is 6.35. The van der Waals surface area contributed by atoms with Gasteiger partial charge in [0.2, 0.25) is 0 Å². The first-order chi connectivity index (χ1) is 16.3. The van der Waals surface area contributed by atoms with E-state index in [4.69, 9.17) is 43.8 Å². The minimum atomic E-state index is -0.430. The van der Waals surface area contributed by atoms with Crippen LogP contribution in [0.25, 0.3) is 0 Å². The number of nitrogens with zero attached hydrogens (tertiary/aromatic N) is 4. The molecule has 4 rings (SSSR count). The van der Waals surface area contributed by atoms with Gasteiger partial charge in [-0.3, -0.25) is 10.4 Å². The average molecular weight is 499 g/mol. The molecule has 0 atom stereocenters. The predicted octanol–water partition coefficient (Wildman–Crippen LogP) is 3.42. The Morgan fingerprint density at radius 1 is 1.24 bits per heavy atom. The second kappa shape index (κ2) is 9.73. The number of nitrogen functional groups attached to an aromatic ring is 1. The largest absolute Gasteiger partial charge is 0.493 e. The lowest BCUT2D eigenvalue weighted by Gasteiger charge is -2.37. The summed E-state index contributed by atoms with van der Waals surface area (Å²) in [6, 6.07) is 6.84. The monoisotopic (exact) mass is 498 g/mol. The maximum Gasteiger partial charge on any atom is 0.162 e. The van der Waals surface area contributed by atoms with Crippen molar-refractivity contribution >= 4 is 40.4 Å². The zero-order valence-electron chi connectivity index (χ0n) is 18.0. The molecule has 34 heavy (non-hydrogen) atoms. The van der Waals surface area contributed by atoms with Crippen LogP contribution < -0.4 is 20.1 Å². The number of hydrogen-bond donors (Lipinski definition) is 3. The molecule has 4 N–H and O–H groups in total. The molecule has 0 saturated carbocycles. The van der Waals surface area contributed by atoms with Crippen LogP contribution in [0, 0.1) is 16.7 Å². The van der Waals surface area contributed by atoms with Gasteiger partial charge in [-0.2, -0.15) is 5.26 Å². The maximum atomic E-state index is 9.58. The van der Waals surface area contributed by atoms with Gasteiger partial charge in [-0.1, -0.05) is 23.2 Å². The fourth-order valence-electron chi connectivity index (χ4n) is 3.50. The molecule has 1 saturated heterocycles. The lowest BCUT2D eigenvalue weighted by Crippen LogP contribution is -2.51. The van der Waals surface area contributed by atoms with Gasteiger partial charge in [-0.25, -0.2) is 4.98 Å². The molecule has 2 aromatic heterocycles. The third-order valence-electron chi connectivity index (χ3n) is 5.37. The molecule has 0 radical (unpaired) electrons. The van der Waals surface area contributed by atoms with Crippen LogP contribution in [0.4, 0.5) is 11.5 Å². The van der Waals surface area contributed by atoms with E-state index in [1.54, 1.807) is 23.1 Å². The van der Waals surface area contributed by atoms with Crippen molar-refractivity contribution < 1.29 is 14.6 Å². The summed E-state index contributed by atoms with van der Waals surface area (Å²) in [5.41, 5.74) is 8.21. The zero-order chi connectivity index (χ0) is 24.4. The van der Waals surface area contributed by atoms with E-state index in [-0.39, 0.29) is 12.3 Å². The Kier molecular flexibility index (Phi) is 6.75. The summed E-state index contributed by atoms with van der Waals surface area (Å²) < 4.78 is 11.3. The Balaban J connectivity index is 1.64. The molecule has 3 heterocycles. The van der Waals surface area contributed by atoms with E-state index in [2.05, 4.69) is 16.0 Å². The second-order valence-corrected chi connectivity index (χ2v) is 8.42. The molecule has 11 heteroatoms. The van der Waals surface area contributed by atoms with Gasteiger partial charge in [0.25, 0.3) is 0 Å². The average Bonchev–Trinajstić information content (AvgIpc) is 2.81. The number of rotatable bonds is 7. The summed E-state index contributed by atoms with van der Waals surface area (Å²) in [5, 5.41) is 28.6. The molecule has 174 valence electrons. The number of anilines is 2. The van der Waals surface area contributed by atoms with Crippen LogP contribution in [-0.2, 0) is 6.61 Å². The summed E-state index contributed by atoms with van der Waals surface area (Å²) in [4.78, 5) is 10.1. The smallest absolute Gasteiger partial charge is 0.162 e. The standard InChI is InChI=1S/C23H20Cl2N6O3/c1-33-20-4-19(27)15(3-21(20)34-11-16-17(24)7-29-8-18(16)25)22(28)13-2-12(5-26)23(30-6-13)31-9-14(32)10-31/h2-4,6-8,14,28,32H,9-11,27H2,1H3. The van der Waals surface area contributed by atoms with Crippen molar-refractivity contribution in [2.24, 2.45) is 0 Å². The summed E-state index contributed by atoms with van der Waals surface area (Å²) >= 11 is 12.4. The molecule has 1 aromatic carbocycles. The summed E-state index contributed by atoms with van der Waals surface area (Å²) in [7, 11) is 1.48. The van der Waals surface area contributed by atoms with Crippen LogP contribution in [-0.4, -0.2) is 47.1 Å². The number of ether oxygens (including phenoxy) is 2. The van der Waals surface area contributed by atoms with E-state index in [1.165, 1.54) is 25.7 Å². The Labute approximate surface area is 205 Å². The Hall–Kier alpha value is -3.58. The van der Waals surface area contributed by atoms with E-state index < -0.39 is 6.10 Å². The number of hydrogen-bond acceptors (Lipinski definition) is 9. The van der Waals surface area contributed by atoms with Gasteiger partial charge in [0, 0.05) is 60.1 Å². The van der Waals surface area contributed by atoms with Crippen LogP contribution in [0.3, 0.4) is 0 Å². The van der Waals surface area contributed by atoms with Gasteiger partial charge in [-0.15, -0.1) is 0 Å². The molecule has 1 fully saturated rings. The van der Waals surface area contributed by atoms with Gasteiger partial charge in [-0.05, 0) is 12.1 Å². The molecule has 9 nitrogen and oxygen atoms in total. The zero-order valence-corrected chi connectivity index (χ0v) is 19.6. The van der Waals surface area contributed by atoms with Crippen molar-refractivity contribution in [3.63, 3.8) is 0 Å². The van der Waals surface area contributed by atoms with Crippen molar-refractivity contribution in [3.8, 4) is 17.6 Å². The molecule has 1 aliphatic rings. The van der Waals surface area contributed by atoms with Gasteiger partial charge in [0.05, 0.1) is 34.5 Å². The Morgan fingerprint density at radius 2 is 1.94 bits per heavy atom. The second-order valence-electron chi connectivity index (χ2n) is 7.60. The number of halogens is 2. The van der Waals surface area contributed by atoms with Crippen LogP contribution in [0.2, 0.25) is 10.0 Å². The third kappa shape index (κ3) is 4.56. The summed E-state index contributed by atoms with van der Waals surface area (Å²) in [5.74, 6) is 1.18. The SMILES string of the molecule is COc1cc(N)c(C(=N)c2cnc(N3CC(O)C3)c(C#N)c2)cc1OCc1c(Cl)cncc1Cl. The van der Waals surface area contributed by atoms with Crippen LogP contribution in [0.1, 0.15) is 22.3 Å². The number of nitriles is 1. The van der Waals surface area contributed by atoms with Gasteiger partial charge in [0.15, 0.2) is 11.5 Å². The highest BCUT2D eigenvalue weighted by atomic mass is 35.5. The summed E-state index contributed by atoms with van der Waals surface area (Å²) in [6.07, 6.45) is 4.01. The number of β-amino-alcohol motifs (C(OH)–C–C–N with tert-alkyl or cyclic N) is 1. The topological polar surface area (TPSA) is 141 Å². The fraction of sp³-hybridized carbons (Fsp3) is 0.217. The van der Waals surface area contributed by atoms with Crippen molar-refractivity contribution in [2.45, 2.75) is 12.7 Å². The van der Waals surface area contributed by atoms with Gasteiger partial charge < -0.3 is 25.2 Å². The van der Waals surface area contributed by atoms with E-state index in [0.717, 1.165) is 0 Å². The number of pyridine rings is 2. The molecular formula is C23H20Cl2N6O3. The lowest BCUT2D eigenvalue weighted by atomic mass is 10.00. The van der Waals surface area contributed by atoms with E-state index >= 15 is 0 Å².